The summed E-state index contributed by atoms with van der Waals surface area (Å²) in [6.07, 6.45) is 1.96. The van der Waals surface area contributed by atoms with Gasteiger partial charge >= 0.3 is 0 Å². The maximum absolute atomic E-state index is 12.1. The highest BCUT2D eigenvalue weighted by atomic mass is 16.2. The Kier molecular flexibility index (Phi) is 4.61. The third kappa shape index (κ3) is 3.16. The molecule has 0 saturated heterocycles. The zero-order chi connectivity index (χ0) is 17.3. The monoisotopic (exact) mass is 322 g/mol. The summed E-state index contributed by atoms with van der Waals surface area (Å²) < 4.78 is 0. The molecule has 2 aromatic carbocycles. The van der Waals surface area contributed by atoms with Crippen LogP contribution in [-0.2, 0) is 11.2 Å². The van der Waals surface area contributed by atoms with Gasteiger partial charge in [0.15, 0.2) is 0 Å². The molecule has 0 fully saturated rings. The second-order valence-electron chi connectivity index (χ2n) is 6.78. The van der Waals surface area contributed by atoms with Gasteiger partial charge in [-0.2, -0.15) is 0 Å². The van der Waals surface area contributed by atoms with Crippen LogP contribution in [0.15, 0.2) is 42.5 Å². The number of nitrogens with zero attached hydrogens (tertiary/aromatic N) is 1. The van der Waals surface area contributed by atoms with Gasteiger partial charge in [-0.1, -0.05) is 36.8 Å². The predicted octanol–water partition coefficient (Wildman–Crippen LogP) is 4.86. The number of anilines is 2. The van der Waals surface area contributed by atoms with Crippen molar-refractivity contribution in [3.63, 3.8) is 0 Å². The van der Waals surface area contributed by atoms with Gasteiger partial charge < -0.3 is 10.2 Å². The van der Waals surface area contributed by atoms with E-state index in [-0.39, 0.29) is 18.0 Å². The van der Waals surface area contributed by atoms with Crippen LogP contribution in [0, 0.1) is 6.92 Å². The van der Waals surface area contributed by atoms with E-state index in [1.807, 2.05) is 4.90 Å². The summed E-state index contributed by atoms with van der Waals surface area (Å²) in [4.78, 5) is 14.0. The molecule has 2 atom stereocenters. The van der Waals surface area contributed by atoms with Gasteiger partial charge in [-0.05, 0) is 56.0 Å². The van der Waals surface area contributed by atoms with Gasteiger partial charge in [0.05, 0.1) is 6.04 Å². The first kappa shape index (κ1) is 16.6. The number of rotatable bonds is 3. The maximum Gasteiger partial charge on any atom is 0.224 e. The summed E-state index contributed by atoms with van der Waals surface area (Å²) in [6.45, 7) is 8.04. The van der Waals surface area contributed by atoms with Crippen LogP contribution < -0.4 is 10.2 Å². The summed E-state index contributed by atoms with van der Waals surface area (Å²) in [5, 5.41) is 3.67. The molecule has 1 heterocycles. The third-order valence-electron chi connectivity index (χ3n) is 4.88. The summed E-state index contributed by atoms with van der Waals surface area (Å²) in [5.41, 5.74) is 5.95. The van der Waals surface area contributed by atoms with Crippen molar-refractivity contribution in [1.29, 1.82) is 0 Å². The van der Waals surface area contributed by atoms with Gasteiger partial charge in [0.2, 0.25) is 5.91 Å². The molecule has 0 aliphatic carbocycles. The minimum atomic E-state index is 0.110. The standard InChI is InChI=1S/C21H26N2O/c1-5-17-7-9-18(10-8-17)22-20-13-15(3)23(16(4)24)21-11-6-14(2)12-19(20)21/h6-12,15,20,22H,5,13H2,1-4H3. The number of nitrogens with one attached hydrogen (secondary N) is 1. The van der Waals surface area contributed by atoms with Crippen molar-refractivity contribution in [3.05, 3.63) is 59.2 Å². The van der Waals surface area contributed by atoms with Crippen LogP contribution >= 0.6 is 0 Å². The van der Waals surface area contributed by atoms with E-state index in [0.717, 1.165) is 24.2 Å². The van der Waals surface area contributed by atoms with Gasteiger partial charge in [-0.3, -0.25) is 4.79 Å². The molecule has 0 aromatic heterocycles. The quantitative estimate of drug-likeness (QED) is 0.875. The molecule has 0 radical (unpaired) electrons. The molecule has 3 nitrogen and oxygen atoms in total. The van der Waals surface area contributed by atoms with Crippen molar-refractivity contribution >= 4 is 17.3 Å². The minimum Gasteiger partial charge on any atom is -0.378 e. The highest BCUT2D eigenvalue weighted by Gasteiger charge is 2.32. The van der Waals surface area contributed by atoms with Crippen LogP contribution in [-0.4, -0.2) is 11.9 Å². The number of aryl methyl sites for hydroxylation is 2. The Hall–Kier alpha value is -2.29. The summed E-state index contributed by atoms with van der Waals surface area (Å²) in [5.74, 6) is 0.110. The lowest BCUT2D eigenvalue weighted by Crippen LogP contribution is -2.43. The molecule has 1 aliphatic rings. The van der Waals surface area contributed by atoms with Gasteiger partial charge in [-0.25, -0.2) is 0 Å². The average molecular weight is 322 g/mol. The smallest absolute Gasteiger partial charge is 0.224 e. The lowest BCUT2D eigenvalue weighted by Gasteiger charge is -2.39. The molecule has 3 heteroatoms. The molecule has 2 unspecified atom stereocenters. The van der Waals surface area contributed by atoms with Crippen molar-refractivity contribution in [2.75, 3.05) is 10.2 Å². The fourth-order valence-corrected chi connectivity index (χ4v) is 3.64. The number of benzene rings is 2. The second-order valence-corrected chi connectivity index (χ2v) is 6.78. The van der Waals surface area contributed by atoms with Crippen molar-refractivity contribution in [2.45, 2.75) is 52.6 Å². The molecule has 24 heavy (non-hydrogen) atoms. The second kappa shape index (κ2) is 6.68. The maximum atomic E-state index is 12.1. The lowest BCUT2D eigenvalue weighted by molar-refractivity contribution is -0.117. The Balaban J connectivity index is 1.94. The van der Waals surface area contributed by atoms with E-state index in [9.17, 15) is 4.79 Å². The number of amides is 1. The minimum absolute atomic E-state index is 0.110. The lowest BCUT2D eigenvalue weighted by atomic mass is 9.90. The molecule has 126 valence electrons. The van der Waals surface area contributed by atoms with E-state index in [0.29, 0.717) is 0 Å². The van der Waals surface area contributed by atoms with Crippen LogP contribution in [0.5, 0.6) is 0 Å². The molecular weight excluding hydrogens is 296 g/mol. The van der Waals surface area contributed by atoms with Gasteiger partial charge in [0.25, 0.3) is 0 Å². The highest BCUT2D eigenvalue weighted by Crippen LogP contribution is 2.39. The van der Waals surface area contributed by atoms with Crippen molar-refractivity contribution in [1.82, 2.24) is 0 Å². The molecular formula is C21H26N2O. The van der Waals surface area contributed by atoms with Crippen molar-refractivity contribution in [3.8, 4) is 0 Å². The summed E-state index contributed by atoms with van der Waals surface area (Å²) in [7, 11) is 0. The number of carbonyl (C=O) groups excluding carboxylic acids is 1. The Morgan fingerprint density at radius 1 is 1.21 bits per heavy atom. The van der Waals surface area contributed by atoms with Crippen LogP contribution in [0.3, 0.4) is 0 Å². The summed E-state index contributed by atoms with van der Waals surface area (Å²) >= 11 is 0. The zero-order valence-corrected chi connectivity index (χ0v) is 15.0. The van der Waals surface area contributed by atoms with Crippen LogP contribution in [0.2, 0.25) is 0 Å². The van der Waals surface area contributed by atoms with E-state index < -0.39 is 0 Å². The van der Waals surface area contributed by atoms with E-state index in [1.165, 1.54) is 16.7 Å². The van der Waals surface area contributed by atoms with E-state index in [2.05, 4.69) is 68.6 Å². The molecule has 0 bridgehead atoms. The normalized spacial score (nSPS) is 19.8. The number of hydrogen-bond donors (Lipinski definition) is 1. The molecule has 1 aliphatic heterocycles. The van der Waals surface area contributed by atoms with E-state index in [1.54, 1.807) is 6.92 Å². The molecule has 1 amide bonds. The Morgan fingerprint density at radius 3 is 2.54 bits per heavy atom. The summed E-state index contributed by atoms with van der Waals surface area (Å²) in [6, 6.07) is 15.4. The zero-order valence-electron chi connectivity index (χ0n) is 15.0. The number of carbonyl (C=O) groups is 1. The van der Waals surface area contributed by atoms with E-state index >= 15 is 0 Å². The molecule has 0 spiro atoms. The van der Waals surface area contributed by atoms with Crippen molar-refractivity contribution in [2.24, 2.45) is 0 Å². The third-order valence-corrected chi connectivity index (χ3v) is 4.88. The van der Waals surface area contributed by atoms with Gasteiger partial charge in [0.1, 0.15) is 0 Å². The van der Waals surface area contributed by atoms with Crippen LogP contribution in [0.1, 0.15) is 49.9 Å². The SMILES string of the molecule is CCc1ccc(NC2CC(C)N(C(C)=O)c3ccc(C)cc32)cc1. The molecule has 1 N–H and O–H groups in total. The largest absolute Gasteiger partial charge is 0.378 e. The first-order chi connectivity index (χ1) is 11.5. The van der Waals surface area contributed by atoms with Gasteiger partial charge in [0, 0.05) is 24.3 Å². The van der Waals surface area contributed by atoms with Crippen LogP contribution in [0.4, 0.5) is 11.4 Å². The fraction of sp³-hybridized carbons (Fsp3) is 0.381. The first-order valence-corrected chi connectivity index (χ1v) is 8.75. The Morgan fingerprint density at radius 2 is 1.92 bits per heavy atom. The van der Waals surface area contributed by atoms with Gasteiger partial charge in [-0.15, -0.1) is 0 Å². The Labute approximate surface area is 144 Å². The molecule has 3 rings (SSSR count). The van der Waals surface area contributed by atoms with E-state index in [4.69, 9.17) is 0 Å². The fourth-order valence-electron chi connectivity index (χ4n) is 3.64. The topological polar surface area (TPSA) is 32.3 Å². The van der Waals surface area contributed by atoms with Crippen molar-refractivity contribution < 1.29 is 4.79 Å². The highest BCUT2D eigenvalue weighted by molar-refractivity contribution is 5.93. The predicted molar refractivity (Wildman–Crippen MR) is 101 cm³/mol. The van der Waals surface area contributed by atoms with Crippen LogP contribution in [0.25, 0.3) is 0 Å². The number of hydrogen-bond acceptors (Lipinski definition) is 2. The number of fused-ring (bicyclic) bond motifs is 1. The average Bonchev–Trinajstić information content (AvgIpc) is 2.55. The molecule has 0 saturated carbocycles. The first-order valence-electron chi connectivity index (χ1n) is 8.75. The molecule has 2 aromatic rings. The Bertz CT molecular complexity index is 736.